The summed E-state index contributed by atoms with van der Waals surface area (Å²) < 4.78 is 0. The smallest absolute Gasteiger partial charge is 0.269 e. The molecule has 0 amide bonds. The first-order chi connectivity index (χ1) is 5.24. The van der Waals surface area contributed by atoms with Crippen molar-refractivity contribution in [2.24, 2.45) is 0 Å². The average Bonchev–Trinajstić information content (AvgIpc) is 2.05. The molecule has 5 nitrogen and oxygen atoms in total. The molecular weight excluding hydrogens is 222 g/mol. The highest BCUT2D eigenvalue weighted by Gasteiger charge is 2.08. The van der Waals surface area contributed by atoms with Gasteiger partial charge in [0.1, 0.15) is 0 Å². The minimum Gasteiger partial charge on any atom is -0.269 e. The van der Waals surface area contributed by atoms with E-state index >= 15 is 0 Å². The van der Waals surface area contributed by atoms with E-state index < -0.39 is 4.92 Å². The summed E-state index contributed by atoms with van der Waals surface area (Å²) in [5.41, 5.74) is 0.285. The van der Waals surface area contributed by atoms with Crippen molar-refractivity contribution in [3.05, 3.63) is 39.4 Å². The van der Waals surface area contributed by atoms with Gasteiger partial charge in [-0.1, -0.05) is 0 Å². The second-order valence-electron chi connectivity index (χ2n) is 1.87. The first kappa shape index (κ1) is 23.0. The van der Waals surface area contributed by atoms with Gasteiger partial charge in [0.25, 0.3) is 5.69 Å². The number of diazo groups is 1. The molecule has 1 rings (SSSR count). The topological polar surface area (TPSA) is 71.3 Å². The van der Waals surface area contributed by atoms with E-state index in [-0.39, 0.29) is 24.5 Å². The predicted octanol–water partition coefficient (Wildman–Crippen LogP) is 2.69. The molecule has 0 aliphatic rings. The zero-order valence-corrected chi connectivity index (χ0v) is 7.10. The molecule has 0 fully saturated rings. The molecule has 0 aliphatic carbocycles. The molecule has 0 radical (unpaired) electrons. The van der Waals surface area contributed by atoms with Gasteiger partial charge in [-0.2, -0.15) is 0 Å². The minimum atomic E-state index is -0.513. The maximum Gasteiger partial charge on any atom is 0.385 e. The number of nitrogens with zero attached hydrogens (tertiary/aromatic N) is 3. The van der Waals surface area contributed by atoms with E-state index in [4.69, 9.17) is 5.39 Å². The Morgan fingerprint density at radius 2 is 1.47 bits per heavy atom. The largest absolute Gasteiger partial charge is 0.385 e. The summed E-state index contributed by atoms with van der Waals surface area (Å²) in [6.45, 7) is 0. The maximum absolute atomic E-state index is 10.1. The number of nitro benzene ring substituents is 1. The van der Waals surface area contributed by atoms with Crippen LogP contribution >= 0.6 is 0 Å². The third-order valence-corrected chi connectivity index (χ3v) is 1.18. The van der Waals surface area contributed by atoms with Crippen LogP contribution in [0.5, 0.6) is 0 Å². The van der Waals surface area contributed by atoms with E-state index in [1.807, 2.05) is 0 Å². The molecule has 0 aliphatic heterocycles. The van der Waals surface area contributed by atoms with E-state index in [2.05, 4.69) is 4.98 Å². The molecule has 1 aromatic rings. The molecule has 15 heavy (non-hydrogen) atoms. The molecule has 0 atom stereocenters. The molecule has 0 N–H and O–H groups in total. The molecular formula is C6H8F4N3O2+. The first-order valence-corrected chi connectivity index (χ1v) is 2.83. The van der Waals surface area contributed by atoms with Gasteiger partial charge in [0.05, 0.1) is 4.92 Å². The Bertz CT molecular complexity index is 324. The third-order valence-electron chi connectivity index (χ3n) is 1.18. The Labute approximate surface area is 81.0 Å². The van der Waals surface area contributed by atoms with Crippen LogP contribution in [0.15, 0.2) is 24.3 Å². The van der Waals surface area contributed by atoms with Crippen molar-refractivity contribution in [2.75, 3.05) is 0 Å². The van der Waals surface area contributed by atoms with Crippen molar-refractivity contribution in [1.82, 2.24) is 0 Å². The fraction of sp³-hybridized carbons (Fsp3) is 0. The Morgan fingerprint density at radius 3 is 1.73 bits per heavy atom. The number of rotatable bonds is 1. The number of hydrogen-bond donors (Lipinski definition) is 0. The summed E-state index contributed by atoms with van der Waals surface area (Å²) >= 11 is 0. The van der Waals surface area contributed by atoms with Crippen molar-refractivity contribution in [3.8, 4) is 0 Å². The lowest BCUT2D eigenvalue weighted by molar-refractivity contribution is -0.384. The third kappa shape index (κ3) is 5.92. The summed E-state index contributed by atoms with van der Waals surface area (Å²) in [5, 5.41) is 18.3. The van der Waals surface area contributed by atoms with Crippen molar-refractivity contribution in [1.29, 1.82) is 5.39 Å². The van der Waals surface area contributed by atoms with Crippen LogP contribution in [0.3, 0.4) is 0 Å². The van der Waals surface area contributed by atoms with Gasteiger partial charge in [0, 0.05) is 24.3 Å². The average molecular weight is 230 g/mol. The number of non-ortho nitro benzene ring substituents is 1. The van der Waals surface area contributed by atoms with Crippen LogP contribution in [0.1, 0.15) is 0 Å². The molecule has 0 aromatic heterocycles. The van der Waals surface area contributed by atoms with Crippen LogP contribution in [0, 0.1) is 15.5 Å². The Hall–Kier alpha value is -2.24. The van der Waals surface area contributed by atoms with Gasteiger partial charge in [-0.25, -0.2) is 0 Å². The SMILES string of the molecule is F.F.F.F.N#[N+]c1ccc([N+](=O)[O-])cc1. The Kier molecular flexibility index (Phi) is 15.1. The van der Waals surface area contributed by atoms with E-state index in [1.165, 1.54) is 24.3 Å². The highest BCUT2D eigenvalue weighted by molar-refractivity contribution is 5.48. The number of hydrogen-bond acceptors (Lipinski definition) is 3. The van der Waals surface area contributed by atoms with Gasteiger partial charge in [-0.05, 0) is 0 Å². The minimum absolute atomic E-state index is 0. The van der Waals surface area contributed by atoms with Crippen molar-refractivity contribution < 1.29 is 23.7 Å². The van der Waals surface area contributed by atoms with E-state index in [0.717, 1.165) is 0 Å². The summed E-state index contributed by atoms with van der Waals surface area (Å²) in [6.07, 6.45) is 0. The lowest BCUT2D eigenvalue weighted by Gasteiger charge is -1.84. The summed E-state index contributed by atoms with van der Waals surface area (Å²) in [7, 11) is 0. The van der Waals surface area contributed by atoms with Crippen LogP contribution in [-0.4, -0.2) is 4.92 Å². The van der Waals surface area contributed by atoms with E-state index in [0.29, 0.717) is 5.69 Å². The summed E-state index contributed by atoms with van der Waals surface area (Å²) in [4.78, 5) is 12.4. The van der Waals surface area contributed by atoms with Crippen LogP contribution in [0.25, 0.3) is 4.98 Å². The van der Waals surface area contributed by atoms with Gasteiger partial charge in [-0.3, -0.25) is 28.9 Å². The summed E-state index contributed by atoms with van der Waals surface area (Å²) in [6, 6.07) is 5.26. The van der Waals surface area contributed by atoms with Gasteiger partial charge in [0.2, 0.25) is 5.39 Å². The quantitative estimate of drug-likeness (QED) is 0.322. The fourth-order valence-electron chi connectivity index (χ4n) is 0.641. The standard InChI is InChI=1S/C6H4N3O2.4FH/c7-8-5-1-3-6(4-2-5)9(10)11;;;;/h1-4H;4*1H/q+1;;;;. The van der Waals surface area contributed by atoms with E-state index in [9.17, 15) is 10.1 Å². The van der Waals surface area contributed by atoms with Crippen molar-refractivity contribution in [3.63, 3.8) is 0 Å². The van der Waals surface area contributed by atoms with Gasteiger partial charge >= 0.3 is 5.69 Å². The van der Waals surface area contributed by atoms with Crippen molar-refractivity contribution >= 4 is 11.4 Å². The molecule has 0 heterocycles. The fourth-order valence-corrected chi connectivity index (χ4v) is 0.641. The maximum atomic E-state index is 10.1. The Balaban J connectivity index is -0.000000151. The lowest BCUT2D eigenvalue weighted by Crippen LogP contribution is -1.85. The predicted molar refractivity (Wildman–Crippen MR) is 47.9 cm³/mol. The Morgan fingerprint density at radius 1 is 1.07 bits per heavy atom. The molecule has 86 valence electrons. The highest BCUT2D eigenvalue weighted by atomic mass is 19.0. The molecule has 0 spiro atoms. The molecule has 0 saturated carbocycles. The second-order valence-corrected chi connectivity index (χ2v) is 1.87. The number of benzene rings is 1. The van der Waals surface area contributed by atoms with Crippen LogP contribution in [-0.2, 0) is 0 Å². The summed E-state index contributed by atoms with van der Waals surface area (Å²) in [5.74, 6) is 0. The van der Waals surface area contributed by atoms with Gasteiger partial charge < -0.3 is 0 Å². The van der Waals surface area contributed by atoms with Gasteiger partial charge in [0.15, 0.2) is 4.98 Å². The zero-order chi connectivity index (χ0) is 8.27. The molecule has 9 heteroatoms. The second kappa shape index (κ2) is 9.85. The van der Waals surface area contributed by atoms with Gasteiger partial charge in [-0.15, -0.1) is 0 Å². The highest BCUT2D eigenvalue weighted by Crippen LogP contribution is 2.16. The molecule has 0 unspecified atom stereocenters. The number of nitro groups is 1. The molecule has 0 saturated heterocycles. The first-order valence-electron chi connectivity index (χ1n) is 2.83. The van der Waals surface area contributed by atoms with Crippen LogP contribution < -0.4 is 0 Å². The molecule has 1 aromatic carbocycles. The normalized spacial score (nSPS) is 6.33. The van der Waals surface area contributed by atoms with Crippen LogP contribution in [0.4, 0.5) is 30.2 Å². The lowest BCUT2D eigenvalue weighted by atomic mass is 10.3. The monoisotopic (exact) mass is 230 g/mol. The van der Waals surface area contributed by atoms with Crippen molar-refractivity contribution in [2.45, 2.75) is 0 Å². The van der Waals surface area contributed by atoms with Crippen LogP contribution in [0.2, 0.25) is 0 Å². The number of halogens is 4. The molecule has 0 bridgehead atoms. The zero-order valence-electron chi connectivity index (χ0n) is 7.10. The van der Waals surface area contributed by atoms with E-state index in [1.54, 1.807) is 0 Å².